The monoisotopic (exact) mass is 483 g/mol. The van der Waals surface area contributed by atoms with Crippen LogP contribution in [0.1, 0.15) is 25.8 Å². The average molecular weight is 484 g/mol. The number of aromatic nitrogens is 3. The third-order valence-electron chi connectivity index (χ3n) is 4.77. The number of hydrogen-bond acceptors (Lipinski definition) is 8. The summed E-state index contributed by atoms with van der Waals surface area (Å²) in [4.78, 5) is 23.1. The highest BCUT2D eigenvalue weighted by atomic mass is 32.2. The van der Waals surface area contributed by atoms with Crippen molar-refractivity contribution in [2.45, 2.75) is 36.9 Å². The maximum atomic E-state index is 12.7. The van der Waals surface area contributed by atoms with E-state index in [1.54, 1.807) is 50.4 Å². The Morgan fingerprint density at radius 1 is 1.24 bits per heavy atom. The normalized spacial score (nSPS) is 12.4. The minimum atomic E-state index is -0.544. The summed E-state index contributed by atoms with van der Waals surface area (Å²) in [7, 11) is 1.60. The quantitative estimate of drug-likeness (QED) is 0.181. The van der Waals surface area contributed by atoms with Crippen LogP contribution in [0.3, 0.4) is 0 Å². The number of thioether (sulfide) groups is 1. The number of methoxy groups -OCH3 is 1. The Morgan fingerprint density at radius 2 is 1.94 bits per heavy atom. The number of nitrogens with zero attached hydrogens (tertiary/aromatic N) is 4. The van der Waals surface area contributed by atoms with E-state index in [0.29, 0.717) is 29.0 Å². The third kappa shape index (κ3) is 6.13. The summed E-state index contributed by atoms with van der Waals surface area (Å²) < 4.78 is 13.0. The van der Waals surface area contributed by atoms with Crippen molar-refractivity contribution in [2.75, 3.05) is 12.4 Å². The lowest BCUT2D eigenvalue weighted by Crippen LogP contribution is -2.23. The smallest absolute Gasteiger partial charge is 0.271 e. The van der Waals surface area contributed by atoms with Crippen LogP contribution < -0.4 is 14.8 Å². The van der Waals surface area contributed by atoms with E-state index < -0.39 is 16.3 Å². The fourth-order valence-corrected chi connectivity index (χ4v) is 3.92. The zero-order chi connectivity index (χ0) is 24.7. The summed E-state index contributed by atoms with van der Waals surface area (Å²) in [6, 6.07) is 13.0. The number of amides is 1. The molecule has 0 aliphatic carbocycles. The lowest BCUT2D eigenvalue weighted by atomic mass is 10.2. The van der Waals surface area contributed by atoms with E-state index in [1.807, 2.05) is 11.5 Å². The first-order chi connectivity index (χ1) is 16.3. The highest BCUT2D eigenvalue weighted by Gasteiger charge is 2.23. The van der Waals surface area contributed by atoms with Crippen LogP contribution in [0.25, 0.3) is 0 Å². The molecule has 11 heteroatoms. The first kappa shape index (κ1) is 24.8. The van der Waals surface area contributed by atoms with Gasteiger partial charge in [-0.05, 0) is 44.2 Å². The zero-order valence-electron chi connectivity index (χ0n) is 19.0. The number of carbonyl (C=O) groups is 1. The molecule has 2 aromatic carbocycles. The summed E-state index contributed by atoms with van der Waals surface area (Å²) >= 11 is 1.22. The molecule has 0 spiro atoms. The number of carbonyl (C=O) groups excluding carboxylic acids is 1. The number of allylic oxidation sites excluding steroid dienone is 1. The molecule has 0 aliphatic heterocycles. The van der Waals surface area contributed by atoms with Crippen molar-refractivity contribution in [1.82, 2.24) is 14.8 Å². The van der Waals surface area contributed by atoms with Gasteiger partial charge in [0.25, 0.3) is 5.69 Å². The summed E-state index contributed by atoms with van der Waals surface area (Å²) in [5, 5.41) is 22.2. The predicted molar refractivity (Wildman–Crippen MR) is 129 cm³/mol. The highest BCUT2D eigenvalue weighted by molar-refractivity contribution is 8.00. The van der Waals surface area contributed by atoms with Crippen molar-refractivity contribution in [1.29, 1.82) is 0 Å². The minimum Gasteiger partial charge on any atom is -0.497 e. The predicted octanol–water partition coefficient (Wildman–Crippen LogP) is 4.64. The number of rotatable bonds is 11. The minimum absolute atomic E-state index is 0.0979. The number of nitro groups is 1. The molecule has 2 unspecified atom stereocenters. The molecule has 2 atom stereocenters. The molecule has 3 rings (SSSR count). The van der Waals surface area contributed by atoms with Crippen molar-refractivity contribution in [3.8, 4) is 11.5 Å². The first-order valence-corrected chi connectivity index (χ1v) is 11.3. The van der Waals surface area contributed by atoms with Gasteiger partial charge in [-0.15, -0.1) is 16.8 Å². The van der Waals surface area contributed by atoms with Crippen molar-refractivity contribution in [2.24, 2.45) is 0 Å². The third-order valence-corrected chi connectivity index (χ3v) is 5.85. The number of hydrogen-bond donors (Lipinski definition) is 1. The molecule has 1 heterocycles. The van der Waals surface area contributed by atoms with Crippen LogP contribution in [0.2, 0.25) is 0 Å². The molecule has 0 fully saturated rings. The van der Waals surface area contributed by atoms with E-state index in [2.05, 4.69) is 22.1 Å². The van der Waals surface area contributed by atoms with Crippen LogP contribution in [-0.2, 0) is 11.3 Å². The largest absolute Gasteiger partial charge is 0.497 e. The second-order valence-corrected chi connectivity index (χ2v) is 8.54. The summed E-state index contributed by atoms with van der Waals surface area (Å²) in [6.45, 7) is 7.81. The van der Waals surface area contributed by atoms with Gasteiger partial charge in [-0.1, -0.05) is 23.9 Å². The molecular weight excluding hydrogens is 458 g/mol. The molecule has 0 saturated heterocycles. The molecule has 0 saturated carbocycles. The van der Waals surface area contributed by atoms with Crippen LogP contribution in [0, 0.1) is 10.1 Å². The SMILES string of the molecule is C=CCn1c(SC(C)C(=O)Nc2cccc([N+](=O)[O-])c2)nnc1C(C)Oc1ccc(OC)cc1. The number of benzene rings is 2. The van der Waals surface area contributed by atoms with Gasteiger partial charge in [-0.2, -0.15) is 0 Å². The second kappa shape index (κ2) is 11.3. The van der Waals surface area contributed by atoms with Crippen molar-refractivity contribution in [3.63, 3.8) is 0 Å². The van der Waals surface area contributed by atoms with Gasteiger partial charge in [0.05, 0.1) is 17.3 Å². The van der Waals surface area contributed by atoms with E-state index in [1.165, 1.54) is 30.0 Å². The van der Waals surface area contributed by atoms with Crippen molar-refractivity contribution >= 4 is 29.0 Å². The zero-order valence-corrected chi connectivity index (χ0v) is 19.8. The molecule has 3 aromatic rings. The molecule has 0 bridgehead atoms. The Bertz CT molecular complexity index is 1160. The Labute approximate surface area is 201 Å². The molecule has 1 aromatic heterocycles. The van der Waals surface area contributed by atoms with Crippen molar-refractivity contribution in [3.05, 3.63) is 77.1 Å². The second-order valence-electron chi connectivity index (χ2n) is 7.23. The molecule has 0 aliphatic rings. The fraction of sp³-hybridized carbons (Fsp3) is 0.261. The van der Waals surface area contributed by atoms with Gasteiger partial charge in [-0.25, -0.2) is 0 Å². The molecule has 0 radical (unpaired) electrons. The van der Waals surface area contributed by atoms with E-state index in [9.17, 15) is 14.9 Å². The lowest BCUT2D eigenvalue weighted by molar-refractivity contribution is -0.384. The van der Waals surface area contributed by atoms with Gasteiger partial charge in [0, 0.05) is 24.4 Å². The number of ether oxygens (including phenoxy) is 2. The van der Waals surface area contributed by atoms with Gasteiger partial charge in [-0.3, -0.25) is 19.5 Å². The number of nitro benzene ring substituents is 1. The van der Waals surface area contributed by atoms with Crippen LogP contribution in [0.4, 0.5) is 11.4 Å². The number of non-ortho nitro benzene ring substituents is 1. The summed E-state index contributed by atoms with van der Waals surface area (Å²) in [5.41, 5.74) is 0.251. The van der Waals surface area contributed by atoms with E-state index in [4.69, 9.17) is 9.47 Å². The van der Waals surface area contributed by atoms with Gasteiger partial charge in [0.2, 0.25) is 5.91 Å². The standard InChI is InChI=1S/C23H25N5O5S/c1-5-13-27-21(15(2)33-20-11-9-19(32-4)10-12-20)25-26-23(27)34-16(3)22(29)24-17-7-6-8-18(14-17)28(30)31/h5-12,14-16H,1,13H2,2-4H3,(H,24,29). The topological polar surface area (TPSA) is 121 Å². The van der Waals surface area contributed by atoms with Crippen LogP contribution in [0.15, 0.2) is 66.3 Å². The van der Waals surface area contributed by atoms with Gasteiger partial charge < -0.3 is 14.8 Å². The molecule has 1 N–H and O–H groups in total. The molecular formula is C23H25N5O5S. The molecule has 10 nitrogen and oxygen atoms in total. The van der Waals surface area contributed by atoms with E-state index in [0.717, 1.165) is 5.75 Å². The van der Waals surface area contributed by atoms with E-state index in [-0.39, 0.29) is 11.6 Å². The van der Waals surface area contributed by atoms with Gasteiger partial charge in [0.1, 0.15) is 11.5 Å². The Morgan fingerprint density at radius 3 is 2.59 bits per heavy atom. The Hall–Kier alpha value is -3.86. The van der Waals surface area contributed by atoms with Gasteiger partial charge in [0.15, 0.2) is 17.1 Å². The van der Waals surface area contributed by atoms with Crippen LogP contribution >= 0.6 is 11.8 Å². The number of nitrogens with one attached hydrogen (secondary N) is 1. The maximum absolute atomic E-state index is 12.7. The summed E-state index contributed by atoms with van der Waals surface area (Å²) in [5.74, 6) is 1.65. The first-order valence-electron chi connectivity index (χ1n) is 10.4. The van der Waals surface area contributed by atoms with E-state index >= 15 is 0 Å². The molecule has 1 amide bonds. The van der Waals surface area contributed by atoms with Gasteiger partial charge >= 0.3 is 0 Å². The lowest BCUT2D eigenvalue weighted by Gasteiger charge is -2.17. The highest BCUT2D eigenvalue weighted by Crippen LogP contribution is 2.28. The van der Waals surface area contributed by atoms with Crippen LogP contribution in [0.5, 0.6) is 11.5 Å². The Kier molecular flexibility index (Phi) is 8.25. The maximum Gasteiger partial charge on any atom is 0.271 e. The molecule has 34 heavy (non-hydrogen) atoms. The average Bonchev–Trinajstić information content (AvgIpc) is 3.22. The number of anilines is 1. The van der Waals surface area contributed by atoms with Crippen LogP contribution in [-0.4, -0.2) is 38.0 Å². The fourth-order valence-electron chi connectivity index (χ4n) is 3.05. The summed E-state index contributed by atoms with van der Waals surface area (Å²) in [6.07, 6.45) is 1.30. The van der Waals surface area contributed by atoms with Crippen molar-refractivity contribution < 1.29 is 19.2 Å². The molecule has 178 valence electrons. The Balaban J connectivity index is 1.71.